The summed E-state index contributed by atoms with van der Waals surface area (Å²) in [4.78, 5) is 17.0. The van der Waals surface area contributed by atoms with E-state index in [-0.39, 0.29) is 23.7 Å². The predicted octanol–water partition coefficient (Wildman–Crippen LogP) is 1.66. The van der Waals surface area contributed by atoms with Gasteiger partial charge in [0, 0.05) is 12.1 Å². The molecule has 1 heterocycles. The van der Waals surface area contributed by atoms with Gasteiger partial charge in [0.1, 0.15) is 0 Å². The van der Waals surface area contributed by atoms with Gasteiger partial charge < -0.3 is 9.80 Å². The Morgan fingerprint density at radius 1 is 1.37 bits per heavy atom. The van der Waals surface area contributed by atoms with Gasteiger partial charge in [-0.05, 0) is 39.8 Å². The summed E-state index contributed by atoms with van der Waals surface area (Å²) in [5.74, 6) is 0.648. The number of likely N-dealkylation sites (N-methyl/N-ethyl adjacent to an activating group) is 1. The van der Waals surface area contributed by atoms with Crippen LogP contribution in [0.15, 0.2) is 0 Å². The van der Waals surface area contributed by atoms with Crippen LogP contribution in [0.3, 0.4) is 0 Å². The van der Waals surface area contributed by atoms with Crippen molar-refractivity contribution in [2.45, 2.75) is 64.2 Å². The Bertz CT molecular complexity index is 334. The summed E-state index contributed by atoms with van der Waals surface area (Å²) in [6, 6.07) is -0.00406. The average molecular weight is 267 g/mol. The zero-order valence-electron chi connectivity index (χ0n) is 13.1. The molecule has 1 saturated carbocycles. The molecule has 4 heteroatoms. The molecule has 2 atom stereocenters. The van der Waals surface area contributed by atoms with E-state index in [9.17, 15) is 4.79 Å². The maximum absolute atomic E-state index is 12.6. The summed E-state index contributed by atoms with van der Waals surface area (Å²) in [6.07, 6.45) is 5.16. The van der Waals surface area contributed by atoms with Gasteiger partial charge >= 0.3 is 0 Å². The van der Waals surface area contributed by atoms with Crippen molar-refractivity contribution in [1.82, 2.24) is 15.1 Å². The zero-order chi connectivity index (χ0) is 14.2. The molecule has 0 bridgehead atoms. The van der Waals surface area contributed by atoms with E-state index in [1.165, 1.54) is 25.7 Å². The molecule has 1 aliphatic carbocycles. The van der Waals surface area contributed by atoms with Gasteiger partial charge in [0.15, 0.2) is 0 Å². The monoisotopic (exact) mass is 267 g/mol. The second-order valence-corrected chi connectivity index (χ2v) is 6.86. The summed E-state index contributed by atoms with van der Waals surface area (Å²) >= 11 is 0. The molecule has 1 N–H and O–H groups in total. The molecule has 19 heavy (non-hydrogen) atoms. The Morgan fingerprint density at radius 2 is 1.95 bits per heavy atom. The molecule has 0 aromatic carbocycles. The number of carbonyl (C=O) groups is 1. The molecule has 0 aromatic rings. The van der Waals surface area contributed by atoms with E-state index in [0.717, 1.165) is 6.54 Å². The fourth-order valence-electron chi connectivity index (χ4n) is 3.58. The van der Waals surface area contributed by atoms with Gasteiger partial charge in [-0.3, -0.25) is 10.1 Å². The topological polar surface area (TPSA) is 35.6 Å². The number of hydrogen-bond donors (Lipinski definition) is 1. The number of nitrogens with zero attached hydrogens (tertiary/aromatic N) is 2. The lowest BCUT2D eigenvalue weighted by atomic mass is 9.94. The van der Waals surface area contributed by atoms with Crippen molar-refractivity contribution in [2.75, 3.05) is 20.6 Å². The van der Waals surface area contributed by atoms with E-state index in [2.05, 4.69) is 50.0 Å². The Labute approximate surface area is 117 Å². The van der Waals surface area contributed by atoms with E-state index in [4.69, 9.17) is 0 Å². The van der Waals surface area contributed by atoms with Crippen LogP contribution in [0.25, 0.3) is 0 Å². The molecule has 110 valence electrons. The molecule has 0 radical (unpaired) electrons. The van der Waals surface area contributed by atoms with Crippen LogP contribution >= 0.6 is 0 Å². The molecule has 0 aromatic heterocycles. The van der Waals surface area contributed by atoms with Crippen LogP contribution in [0.2, 0.25) is 0 Å². The number of hydrogen-bond acceptors (Lipinski definition) is 3. The Balaban J connectivity index is 2.11. The molecule has 1 aliphatic heterocycles. The first-order valence-electron chi connectivity index (χ1n) is 7.61. The second-order valence-electron chi connectivity index (χ2n) is 6.86. The lowest BCUT2D eigenvalue weighted by Crippen LogP contribution is -2.53. The van der Waals surface area contributed by atoms with Crippen LogP contribution in [0.5, 0.6) is 0 Å². The van der Waals surface area contributed by atoms with Gasteiger partial charge in [-0.25, -0.2) is 0 Å². The molecule has 1 saturated heterocycles. The number of carbonyl (C=O) groups excluding carboxylic acids is 1. The number of rotatable bonds is 4. The quantitative estimate of drug-likeness (QED) is 0.841. The molecular weight excluding hydrogens is 238 g/mol. The third kappa shape index (κ3) is 2.65. The molecule has 2 aliphatic rings. The molecule has 4 nitrogen and oxygen atoms in total. The molecule has 2 rings (SSSR count). The molecule has 2 fully saturated rings. The Hall–Kier alpha value is -0.610. The van der Waals surface area contributed by atoms with Crippen LogP contribution in [-0.2, 0) is 4.79 Å². The summed E-state index contributed by atoms with van der Waals surface area (Å²) in [6.45, 7) is 7.21. The highest BCUT2D eigenvalue weighted by molar-refractivity contribution is 5.84. The first kappa shape index (κ1) is 14.8. The minimum absolute atomic E-state index is 0.00406. The lowest BCUT2D eigenvalue weighted by Gasteiger charge is -2.40. The van der Waals surface area contributed by atoms with Crippen molar-refractivity contribution in [2.24, 2.45) is 5.92 Å². The third-order valence-electron chi connectivity index (χ3n) is 5.05. The summed E-state index contributed by atoms with van der Waals surface area (Å²) in [5.41, 5.74) is 0.192. The number of nitrogens with one attached hydrogen (secondary N) is 1. The van der Waals surface area contributed by atoms with Crippen molar-refractivity contribution in [3.8, 4) is 0 Å². The largest absolute Gasteiger partial charge is 0.324 e. The van der Waals surface area contributed by atoms with Gasteiger partial charge in [0.25, 0.3) is 0 Å². The van der Waals surface area contributed by atoms with E-state index in [1.54, 1.807) is 0 Å². The minimum atomic E-state index is -0.00406. The van der Waals surface area contributed by atoms with Crippen LogP contribution in [0.4, 0.5) is 0 Å². The van der Waals surface area contributed by atoms with Crippen molar-refractivity contribution in [1.29, 1.82) is 0 Å². The van der Waals surface area contributed by atoms with Gasteiger partial charge in [-0.2, -0.15) is 0 Å². The Kier molecular flexibility index (Phi) is 4.21. The van der Waals surface area contributed by atoms with E-state index in [0.29, 0.717) is 5.92 Å². The van der Waals surface area contributed by atoms with Gasteiger partial charge in [0.05, 0.1) is 12.2 Å². The van der Waals surface area contributed by atoms with Crippen LogP contribution in [-0.4, -0.2) is 54.1 Å². The maximum Gasteiger partial charge on any atom is 0.241 e. The van der Waals surface area contributed by atoms with E-state index in [1.807, 2.05) is 0 Å². The molecular formula is C15H29N3O. The average Bonchev–Trinajstić information content (AvgIpc) is 2.90. The van der Waals surface area contributed by atoms with E-state index < -0.39 is 0 Å². The van der Waals surface area contributed by atoms with Crippen LogP contribution < -0.4 is 5.32 Å². The Morgan fingerprint density at radius 3 is 2.37 bits per heavy atom. The highest BCUT2D eigenvalue weighted by Gasteiger charge is 2.44. The normalized spacial score (nSPS) is 30.9. The zero-order valence-corrected chi connectivity index (χ0v) is 13.1. The second kappa shape index (κ2) is 5.41. The first-order valence-corrected chi connectivity index (χ1v) is 7.61. The number of amides is 1. The maximum atomic E-state index is 12.6. The van der Waals surface area contributed by atoms with Crippen molar-refractivity contribution >= 4 is 5.91 Å². The van der Waals surface area contributed by atoms with Crippen molar-refractivity contribution in [3.05, 3.63) is 0 Å². The summed E-state index contributed by atoms with van der Waals surface area (Å²) in [7, 11) is 4.31. The minimum Gasteiger partial charge on any atom is -0.324 e. The predicted molar refractivity (Wildman–Crippen MR) is 77.8 cm³/mol. The molecule has 1 amide bonds. The smallest absolute Gasteiger partial charge is 0.241 e. The lowest BCUT2D eigenvalue weighted by molar-refractivity contribution is -0.132. The van der Waals surface area contributed by atoms with Crippen molar-refractivity contribution in [3.63, 3.8) is 0 Å². The molecule has 2 unspecified atom stereocenters. The van der Waals surface area contributed by atoms with Crippen LogP contribution in [0.1, 0.15) is 46.5 Å². The van der Waals surface area contributed by atoms with Crippen molar-refractivity contribution < 1.29 is 4.79 Å². The summed E-state index contributed by atoms with van der Waals surface area (Å²) < 4.78 is 0. The standard InChI is InChI=1S/C15H29N3O/c1-11(2)13-14(19)18(12(3)16-13)10-15(17(4)5)8-6-7-9-15/h11-13,16H,6-10H2,1-5H3. The van der Waals surface area contributed by atoms with E-state index >= 15 is 0 Å². The van der Waals surface area contributed by atoms with Gasteiger partial charge in [-0.1, -0.05) is 26.7 Å². The fourth-order valence-corrected chi connectivity index (χ4v) is 3.58. The highest BCUT2D eigenvalue weighted by Crippen LogP contribution is 2.35. The van der Waals surface area contributed by atoms with Gasteiger partial charge in [-0.15, -0.1) is 0 Å². The third-order valence-corrected chi connectivity index (χ3v) is 5.05. The van der Waals surface area contributed by atoms with Crippen LogP contribution in [0, 0.1) is 5.92 Å². The fraction of sp³-hybridized carbons (Fsp3) is 0.933. The molecule has 0 spiro atoms. The SMILES string of the molecule is CC(C)C1NC(C)N(CC2(N(C)C)CCCC2)C1=O. The first-order chi connectivity index (χ1) is 8.87. The van der Waals surface area contributed by atoms with Gasteiger partial charge in [0.2, 0.25) is 5.91 Å². The highest BCUT2D eigenvalue weighted by atomic mass is 16.2. The summed E-state index contributed by atoms with van der Waals surface area (Å²) in [5, 5.41) is 3.44.